The number of carbonyl (C=O) groups is 2. The summed E-state index contributed by atoms with van der Waals surface area (Å²) in [5.41, 5.74) is 5.18. The summed E-state index contributed by atoms with van der Waals surface area (Å²) in [6.45, 7) is 0. The first-order chi connectivity index (χ1) is 11.6. The molecule has 3 aromatic rings. The molecular weight excluding hydrogens is 312 g/mol. The molecule has 8 nitrogen and oxygen atoms in total. The number of nitro benzene ring substituents is 1. The smallest absolute Gasteiger partial charge is 0.293 e. The number of hydrogen-bond donors (Lipinski definition) is 3. The summed E-state index contributed by atoms with van der Waals surface area (Å²) in [6, 6.07) is 14.4. The SMILES string of the molecule is O=C(NNC(=O)c1cc2cccc([N+](=O)[O-])c2[nH]1)c1ccccc1. The number of para-hydroxylation sites is 1. The summed E-state index contributed by atoms with van der Waals surface area (Å²) < 4.78 is 0. The molecule has 2 amide bonds. The number of benzene rings is 2. The Labute approximate surface area is 135 Å². The van der Waals surface area contributed by atoms with Crippen LogP contribution in [-0.4, -0.2) is 21.7 Å². The Morgan fingerprint density at radius 1 is 0.958 bits per heavy atom. The van der Waals surface area contributed by atoms with Gasteiger partial charge in [0.15, 0.2) is 0 Å². The number of non-ortho nitro benzene ring substituents is 1. The van der Waals surface area contributed by atoms with E-state index >= 15 is 0 Å². The average molecular weight is 324 g/mol. The van der Waals surface area contributed by atoms with E-state index in [4.69, 9.17) is 0 Å². The third kappa shape index (κ3) is 2.93. The topological polar surface area (TPSA) is 117 Å². The lowest BCUT2D eigenvalue weighted by Gasteiger charge is -2.06. The van der Waals surface area contributed by atoms with E-state index in [1.54, 1.807) is 36.4 Å². The molecule has 24 heavy (non-hydrogen) atoms. The van der Waals surface area contributed by atoms with Gasteiger partial charge in [-0.05, 0) is 18.2 Å². The lowest BCUT2D eigenvalue weighted by atomic mass is 10.2. The maximum absolute atomic E-state index is 12.1. The van der Waals surface area contributed by atoms with Crippen molar-refractivity contribution in [2.75, 3.05) is 0 Å². The zero-order valence-electron chi connectivity index (χ0n) is 12.3. The molecule has 0 radical (unpaired) electrons. The molecule has 0 fully saturated rings. The number of amides is 2. The molecule has 8 heteroatoms. The number of carbonyl (C=O) groups excluding carboxylic acids is 2. The van der Waals surface area contributed by atoms with Gasteiger partial charge >= 0.3 is 0 Å². The molecule has 0 unspecified atom stereocenters. The third-order valence-electron chi connectivity index (χ3n) is 3.40. The highest BCUT2D eigenvalue weighted by molar-refractivity contribution is 6.02. The fourth-order valence-electron chi connectivity index (χ4n) is 2.26. The number of rotatable bonds is 3. The van der Waals surface area contributed by atoms with Crippen molar-refractivity contribution < 1.29 is 14.5 Å². The molecule has 2 aromatic carbocycles. The monoisotopic (exact) mass is 324 g/mol. The molecule has 0 saturated heterocycles. The first-order valence-electron chi connectivity index (χ1n) is 6.98. The molecule has 0 spiro atoms. The van der Waals surface area contributed by atoms with Crippen molar-refractivity contribution in [2.45, 2.75) is 0 Å². The second kappa shape index (κ2) is 6.21. The second-order valence-electron chi connectivity index (χ2n) is 4.96. The fourth-order valence-corrected chi connectivity index (χ4v) is 2.26. The Bertz CT molecular complexity index is 934. The molecule has 0 bridgehead atoms. The van der Waals surface area contributed by atoms with E-state index in [-0.39, 0.29) is 16.9 Å². The summed E-state index contributed by atoms with van der Waals surface area (Å²) in [6.07, 6.45) is 0. The predicted molar refractivity (Wildman–Crippen MR) is 86.3 cm³/mol. The van der Waals surface area contributed by atoms with E-state index in [2.05, 4.69) is 15.8 Å². The highest BCUT2D eigenvalue weighted by Crippen LogP contribution is 2.25. The summed E-state index contributed by atoms with van der Waals surface area (Å²) >= 11 is 0. The highest BCUT2D eigenvalue weighted by atomic mass is 16.6. The molecule has 0 atom stereocenters. The van der Waals surface area contributed by atoms with E-state index in [0.717, 1.165) is 0 Å². The van der Waals surface area contributed by atoms with Crippen LogP contribution in [0.1, 0.15) is 20.8 Å². The van der Waals surface area contributed by atoms with Gasteiger partial charge in [0.2, 0.25) is 0 Å². The van der Waals surface area contributed by atoms with Crippen LogP contribution in [0.4, 0.5) is 5.69 Å². The number of fused-ring (bicyclic) bond motifs is 1. The van der Waals surface area contributed by atoms with E-state index in [1.165, 1.54) is 18.2 Å². The van der Waals surface area contributed by atoms with Crippen molar-refractivity contribution in [1.29, 1.82) is 0 Å². The van der Waals surface area contributed by atoms with Gasteiger partial charge < -0.3 is 4.98 Å². The zero-order valence-corrected chi connectivity index (χ0v) is 12.3. The first-order valence-corrected chi connectivity index (χ1v) is 6.98. The minimum atomic E-state index is -0.607. The molecule has 3 N–H and O–H groups in total. The fraction of sp³-hybridized carbons (Fsp3) is 0. The number of aromatic nitrogens is 1. The number of hydrazine groups is 1. The largest absolute Gasteiger partial charge is 0.345 e. The zero-order chi connectivity index (χ0) is 17.1. The van der Waals surface area contributed by atoms with Gasteiger partial charge in [0, 0.05) is 17.0 Å². The Morgan fingerprint density at radius 2 is 1.67 bits per heavy atom. The molecule has 1 aromatic heterocycles. The van der Waals surface area contributed by atoms with Crippen LogP contribution >= 0.6 is 0 Å². The van der Waals surface area contributed by atoms with E-state index in [0.29, 0.717) is 10.9 Å². The highest BCUT2D eigenvalue weighted by Gasteiger charge is 2.17. The molecule has 0 aliphatic carbocycles. The van der Waals surface area contributed by atoms with Crippen LogP contribution in [0.5, 0.6) is 0 Å². The van der Waals surface area contributed by atoms with Crippen LogP contribution in [0.15, 0.2) is 54.6 Å². The van der Waals surface area contributed by atoms with Gasteiger partial charge in [0.1, 0.15) is 11.2 Å². The van der Waals surface area contributed by atoms with Gasteiger partial charge in [-0.15, -0.1) is 0 Å². The summed E-state index contributed by atoms with van der Waals surface area (Å²) in [5, 5.41) is 11.5. The molecule has 0 aliphatic rings. The number of nitro groups is 1. The normalized spacial score (nSPS) is 10.3. The van der Waals surface area contributed by atoms with Gasteiger partial charge in [-0.25, -0.2) is 0 Å². The summed E-state index contributed by atoms with van der Waals surface area (Å²) in [4.78, 5) is 37.1. The molecule has 1 heterocycles. The minimum Gasteiger partial charge on any atom is -0.345 e. The maximum atomic E-state index is 12.1. The first kappa shape index (κ1) is 15.2. The lowest BCUT2D eigenvalue weighted by molar-refractivity contribution is -0.383. The summed E-state index contributed by atoms with van der Waals surface area (Å²) in [5.74, 6) is -1.07. The van der Waals surface area contributed by atoms with Crippen LogP contribution in [0, 0.1) is 10.1 Å². The lowest BCUT2D eigenvalue weighted by Crippen LogP contribution is -2.41. The number of H-pyrrole nitrogens is 1. The number of hydrogen-bond acceptors (Lipinski definition) is 4. The average Bonchev–Trinajstić information content (AvgIpc) is 3.04. The van der Waals surface area contributed by atoms with Crippen molar-refractivity contribution >= 4 is 28.4 Å². The van der Waals surface area contributed by atoms with E-state index < -0.39 is 16.7 Å². The van der Waals surface area contributed by atoms with Gasteiger partial charge in [-0.1, -0.05) is 30.3 Å². The molecule has 0 saturated carbocycles. The van der Waals surface area contributed by atoms with Crippen LogP contribution < -0.4 is 10.9 Å². The maximum Gasteiger partial charge on any atom is 0.293 e. The van der Waals surface area contributed by atoms with Gasteiger partial charge in [-0.2, -0.15) is 0 Å². The van der Waals surface area contributed by atoms with Crippen molar-refractivity contribution in [3.05, 3.63) is 76.0 Å². The van der Waals surface area contributed by atoms with Crippen molar-refractivity contribution in [1.82, 2.24) is 15.8 Å². The minimum absolute atomic E-state index is 0.104. The number of nitrogens with one attached hydrogen (secondary N) is 3. The molecular formula is C16H12N4O4. The second-order valence-corrected chi connectivity index (χ2v) is 4.96. The van der Waals surface area contributed by atoms with Crippen LogP contribution in [-0.2, 0) is 0 Å². The van der Waals surface area contributed by atoms with Crippen molar-refractivity contribution in [3.8, 4) is 0 Å². The molecule has 3 rings (SSSR count). The Balaban J connectivity index is 1.76. The van der Waals surface area contributed by atoms with Gasteiger partial charge in [0.05, 0.1) is 4.92 Å². The molecule has 120 valence electrons. The Kier molecular flexibility index (Phi) is 3.94. The number of aromatic amines is 1. The third-order valence-corrected chi connectivity index (χ3v) is 3.40. The van der Waals surface area contributed by atoms with Crippen LogP contribution in [0.3, 0.4) is 0 Å². The molecule has 0 aliphatic heterocycles. The Morgan fingerprint density at radius 3 is 2.38 bits per heavy atom. The van der Waals surface area contributed by atoms with Crippen LogP contribution in [0.25, 0.3) is 10.9 Å². The van der Waals surface area contributed by atoms with E-state index in [1.807, 2.05) is 0 Å². The van der Waals surface area contributed by atoms with E-state index in [9.17, 15) is 19.7 Å². The van der Waals surface area contributed by atoms with Crippen molar-refractivity contribution in [2.24, 2.45) is 0 Å². The quantitative estimate of drug-likeness (QED) is 0.505. The van der Waals surface area contributed by atoms with Crippen molar-refractivity contribution in [3.63, 3.8) is 0 Å². The summed E-state index contributed by atoms with van der Waals surface area (Å²) in [7, 11) is 0. The predicted octanol–water partition coefficient (Wildman–Crippen LogP) is 2.15. The van der Waals surface area contributed by atoms with Gasteiger partial charge in [0.25, 0.3) is 17.5 Å². The Hall–Kier alpha value is -3.68. The van der Waals surface area contributed by atoms with Crippen LogP contribution in [0.2, 0.25) is 0 Å². The number of nitrogens with zero attached hydrogens (tertiary/aromatic N) is 1. The van der Waals surface area contributed by atoms with Gasteiger partial charge in [-0.3, -0.25) is 30.6 Å². The standard InChI is InChI=1S/C16H12N4O4/c21-15(10-5-2-1-3-6-10)18-19-16(22)12-9-11-7-4-8-13(20(23)24)14(11)17-12/h1-9,17H,(H,18,21)(H,19,22).